The summed E-state index contributed by atoms with van der Waals surface area (Å²) in [5, 5.41) is 0. The van der Waals surface area contributed by atoms with Crippen molar-refractivity contribution in [2.45, 2.75) is 97.3 Å². The van der Waals surface area contributed by atoms with Crippen LogP contribution in [-0.2, 0) is 5.41 Å². The van der Waals surface area contributed by atoms with E-state index >= 15 is 0 Å². The summed E-state index contributed by atoms with van der Waals surface area (Å²) in [4.78, 5) is 0. The van der Waals surface area contributed by atoms with Crippen molar-refractivity contribution < 1.29 is 28.4 Å². The Hall–Kier alpha value is -4.84. The van der Waals surface area contributed by atoms with Crippen molar-refractivity contribution in [3.63, 3.8) is 0 Å². The van der Waals surface area contributed by atoms with Crippen LogP contribution in [0, 0.1) is 11.8 Å². The molecule has 2 unspecified atom stereocenters. The standard InChI is InChI=1S/C51H66O6/c1-11-15-17-35(13-3)33-51(34-36(14-4)18-16-12-2)43-27-37(19-21-39-29-45(52-5)49(56-9)46(30-39)53-6)23-25-41(43)42-26-24-38(28-44(42)51)20-22-40-31-47(54-7)50(57-10)48(32-40)55-8/h19-32,35-36H,11-18,33-34H2,1-10H3. The fourth-order valence-electron chi connectivity index (χ4n) is 8.91. The van der Waals surface area contributed by atoms with Crippen LogP contribution in [-0.4, -0.2) is 42.7 Å². The number of ether oxygens (including phenoxy) is 6. The molecule has 0 bridgehead atoms. The highest BCUT2D eigenvalue weighted by Gasteiger charge is 2.45. The number of methoxy groups -OCH3 is 6. The zero-order chi connectivity index (χ0) is 41.0. The molecule has 1 aliphatic rings. The van der Waals surface area contributed by atoms with Crippen LogP contribution in [0.3, 0.4) is 0 Å². The highest BCUT2D eigenvalue weighted by atomic mass is 16.5. The molecule has 4 aromatic rings. The summed E-state index contributed by atoms with van der Waals surface area (Å²) in [5.41, 5.74) is 9.91. The molecule has 0 aromatic heterocycles. The minimum Gasteiger partial charge on any atom is -0.493 e. The highest BCUT2D eigenvalue weighted by molar-refractivity contribution is 5.85. The fourth-order valence-corrected chi connectivity index (χ4v) is 8.91. The summed E-state index contributed by atoms with van der Waals surface area (Å²) < 4.78 is 33.9. The molecule has 6 heteroatoms. The van der Waals surface area contributed by atoms with E-state index in [0.717, 1.165) is 24.0 Å². The van der Waals surface area contributed by atoms with Gasteiger partial charge in [0, 0.05) is 5.41 Å². The second-order valence-electron chi connectivity index (χ2n) is 15.5. The SMILES string of the molecule is CCCCC(CC)CC1(CC(CC)CCCC)c2cc(C=Cc3cc(OC)c(OC)c(OC)c3)ccc2-c2ccc(C=Cc3cc(OC)c(OC)c(OC)c3)cc21. The van der Waals surface area contributed by atoms with Crippen molar-refractivity contribution in [2.75, 3.05) is 42.7 Å². The van der Waals surface area contributed by atoms with E-state index in [1.807, 2.05) is 24.3 Å². The zero-order valence-electron chi connectivity index (χ0n) is 36.3. The van der Waals surface area contributed by atoms with Gasteiger partial charge in [0.25, 0.3) is 0 Å². The Morgan fingerprint density at radius 3 is 1.11 bits per heavy atom. The summed E-state index contributed by atoms with van der Waals surface area (Å²) in [6.07, 6.45) is 20.9. The van der Waals surface area contributed by atoms with Gasteiger partial charge in [0.2, 0.25) is 11.5 Å². The van der Waals surface area contributed by atoms with Gasteiger partial charge in [0.05, 0.1) is 42.7 Å². The summed E-state index contributed by atoms with van der Waals surface area (Å²) in [5.74, 6) is 5.02. The van der Waals surface area contributed by atoms with Gasteiger partial charge in [-0.15, -0.1) is 0 Å². The molecule has 57 heavy (non-hydrogen) atoms. The van der Waals surface area contributed by atoms with Gasteiger partial charge in [-0.25, -0.2) is 0 Å². The second-order valence-corrected chi connectivity index (χ2v) is 15.5. The first-order valence-corrected chi connectivity index (χ1v) is 21.0. The molecule has 6 nitrogen and oxygen atoms in total. The largest absolute Gasteiger partial charge is 0.493 e. The number of hydrogen-bond acceptors (Lipinski definition) is 6. The number of hydrogen-bond donors (Lipinski definition) is 0. The Kier molecular flexibility index (Phi) is 15.6. The number of rotatable bonds is 22. The third-order valence-electron chi connectivity index (χ3n) is 12.1. The van der Waals surface area contributed by atoms with Crippen LogP contribution in [0.5, 0.6) is 34.5 Å². The Morgan fingerprint density at radius 1 is 0.456 bits per heavy atom. The molecule has 2 atom stereocenters. The molecule has 0 radical (unpaired) electrons. The van der Waals surface area contributed by atoms with Gasteiger partial charge in [-0.05, 0) is 93.5 Å². The topological polar surface area (TPSA) is 55.4 Å². The van der Waals surface area contributed by atoms with Crippen molar-refractivity contribution >= 4 is 24.3 Å². The maximum atomic E-state index is 5.67. The summed E-state index contributed by atoms with van der Waals surface area (Å²) in [6.45, 7) is 9.43. The number of unbranched alkanes of at least 4 members (excludes halogenated alkanes) is 2. The van der Waals surface area contributed by atoms with Crippen LogP contribution in [0.2, 0.25) is 0 Å². The van der Waals surface area contributed by atoms with Gasteiger partial charge in [0.15, 0.2) is 23.0 Å². The van der Waals surface area contributed by atoms with Crippen molar-refractivity contribution in [3.8, 4) is 45.6 Å². The van der Waals surface area contributed by atoms with E-state index in [0.29, 0.717) is 46.3 Å². The Morgan fingerprint density at radius 2 is 0.807 bits per heavy atom. The minimum absolute atomic E-state index is 0.111. The molecule has 0 saturated carbocycles. The van der Waals surface area contributed by atoms with Crippen molar-refractivity contribution in [1.29, 1.82) is 0 Å². The van der Waals surface area contributed by atoms with E-state index in [1.165, 1.54) is 84.7 Å². The smallest absolute Gasteiger partial charge is 0.203 e. The van der Waals surface area contributed by atoms with Gasteiger partial charge < -0.3 is 28.4 Å². The van der Waals surface area contributed by atoms with Gasteiger partial charge in [-0.1, -0.05) is 140 Å². The molecule has 0 fully saturated rings. The lowest BCUT2D eigenvalue weighted by molar-refractivity contribution is 0.266. The predicted molar refractivity (Wildman–Crippen MR) is 239 cm³/mol. The third kappa shape index (κ3) is 9.66. The van der Waals surface area contributed by atoms with E-state index in [2.05, 4.69) is 88.4 Å². The quantitative estimate of drug-likeness (QED) is 0.0741. The molecule has 0 spiro atoms. The maximum Gasteiger partial charge on any atom is 0.203 e. The molecule has 306 valence electrons. The van der Waals surface area contributed by atoms with Gasteiger partial charge in [0.1, 0.15) is 0 Å². The van der Waals surface area contributed by atoms with E-state index in [-0.39, 0.29) is 5.41 Å². The monoisotopic (exact) mass is 774 g/mol. The fraction of sp³-hybridized carbons (Fsp3) is 0.451. The van der Waals surface area contributed by atoms with Crippen molar-refractivity contribution in [3.05, 3.63) is 94.0 Å². The molecule has 0 aliphatic heterocycles. The van der Waals surface area contributed by atoms with Crippen LogP contribution in [0.4, 0.5) is 0 Å². The Labute approximate surface area is 343 Å². The molecule has 0 N–H and O–H groups in total. The highest BCUT2D eigenvalue weighted by Crippen LogP contribution is 2.57. The number of fused-ring (bicyclic) bond motifs is 3. The Balaban J connectivity index is 1.67. The number of benzene rings is 4. The van der Waals surface area contributed by atoms with E-state index in [1.54, 1.807) is 42.7 Å². The summed E-state index contributed by atoms with van der Waals surface area (Å²) in [6, 6.07) is 22.3. The first-order valence-electron chi connectivity index (χ1n) is 21.0. The van der Waals surface area contributed by atoms with Crippen LogP contribution in [0.25, 0.3) is 35.4 Å². The van der Waals surface area contributed by atoms with Gasteiger partial charge in [-0.2, -0.15) is 0 Å². The van der Waals surface area contributed by atoms with Crippen LogP contribution >= 0.6 is 0 Å². The second kappa shape index (κ2) is 20.5. The normalized spacial score (nSPS) is 15.7. The molecule has 4 aromatic carbocycles. The predicted octanol–water partition coefficient (Wildman–Crippen LogP) is 13.6. The van der Waals surface area contributed by atoms with Gasteiger partial charge in [-0.3, -0.25) is 0 Å². The molecular formula is C51H66O6. The first-order chi connectivity index (χ1) is 27.8. The Bertz CT molecular complexity index is 1800. The lowest BCUT2D eigenvalue weighted by Gasteiger charge is -2.39. The minimum atomic E-state index is -0.111. The lowest BCUT2D eigenvalue weighted by Crippen LogP contribution is -2.31. The first kappa shape index (κ1) is 43.3. The molecule has 0 saturated heterocycles. The third-order valence-corrected chi connectivity index (χ3v) is 12.1. The van der Waals surface area contributed by atoms with Gasteiger partial charge >= 0.3 is 0 Å². The van der Waals surface area contributed by atoms with Crippen LogP contribution < -0.4 is 28.4 Å². The summed E-state index contributed by atoms with van der Waals surface area (Å²) >= 11 is 0. The molecule has 0 amide bonds. The van der Waals surface area contributed by atoms with Crippen molar-refractivity contribution in [1.82, 2.24) is 0 Å². The maximum absolute atomic E-state index is 5.67. The van der Waals surface area contributed by atoms with E-state index < -0.39 is 0 Å². The average Bonchev–Trinajstić information content (AvgIpc) is 3.51. The van der Waals surface area contributed by atoms with Crippen LogP contribution in [0.1, 0.15) is 125 Å². The average molecular weight is 775 g/mol. The van der Waals surface area contributed by atoms with E-state index in [9.17, 15) is 0 Å². The van der Waals surface area contributed by atoms with E-state index in [4.69, 9.17) is 28.4 Å². The summed E-state index contributed by atoms with van der Waals surface area (Å²) in [7, 11) is 9.90. The molecular weight excluding hydrogens is 709 g/mol. The molecule has 1 aliphatic carbocycles. The molecule has 5 rings (SSSR count). The lowest BCUT2D eigenvalue weighted by atomic mass is 9.65. The zero-order valence-corrected chi connectivity index (χ0v) is 36.3. The van der Waals surface area contributed by atoms with Crippen molar-refractivity contribution in [2.24, 2.45) is 11.8 Å². The molecule has 0 heterocycles. The van der Waals surface area contributed by atoms with Crippen LogP contribution in [0.15, 0.2) is 60.7 Å².